The van der Waals surface area contributed by atoms with E-state index in [1.807, 2.05) is 30.3 Å². The molecule has 2 aromatic rings. The molecule has 140 valence electrons. The van der Waals surface area contributed by atoms with E-state index in [4.69, 9.17) is 22.1 Å². The standard InChI is InChI=1S/C20H23ClN2O2.ClH/c21-15-6-12-18(13-7-15)25-19(14-4-2-1-3-5-14)20(24)23-17-10-8-16(22)9-11-17;/h1-7,12-13,16-17,19H,8-11,22H2,(H,23,24);1H. The molecule has 3 N–H and O–H groups in total. The van der Waals surface area contributed by atoms with Crippen LogP contribution in [0.15, 0.2) is 54.6 Å². The van der Waals surface area contributed by atoms with E-state index in [1.54, 1.807) is 24.3 Å². The van der Waals surface area contributed by atoms with E-state index in [1.165, 1.54) is 0 Å². The lowest BCUT2D eigenvalue weighted by Crippen LogP contribution is -2.43. The summed E-state index contributed by atoms with van der Waals surface area (Å²) in [5.41, 5.74) is 6.77. The van der Waals surface area contributed by atoms with Crippen LogP contribution in [0.4, 0.5) is 0 Å². The van der Waals surface area contributed by atoms with Crippen molar-refractivity contribution in [3.8, 4) is 5.75 Å². The number of hydrogen-bond donors (Lipinski definition) is 2. The zero-order chi connectivity index (χ0) is 17.6. The Morgan fingerprint density at radius 2 is 1.65 bits per heavy atom. The number of carbonyl (C=O) groups is 1. The third-order valence-corrected chi connectivity index (χ3v) is 4.78. The maximum Gasteiger partial charge on any atom is 0.266 e. The number of benzene rings is 2. The van der Waals surface area contributed by atoms with E-state index in [9.17, 15) is 4.79 Å². The Hall–Kier alpha value is -1.75. The monoisotopic (exact) mass is 394 g/mol. The van der Waals surface area contributed by atoms with Gasteiger partial charge in [-0.25, -0.2) is 0 Å². The van der Waals surface area contributed by atoms with E-state index in [0.29, 0.717) is 10.8 Å². The van der Waals surface area contributed by atoms with Gasteiger partial charge in [-0.15, -0.1) is 12.4 Å². The van der Waals surface area contributed by atoms with Crippen molar-refractivity contribution in [1.82, 2.24) is 5.32 Å². The number of ether oxygens (including phenoxy) is 1. The smallest absolute Gasteiger partial charge is 0.266 e. The van der Waals surface area contributed by atoms with E-state index in [-0.39, 0.29) is 30.4 Å². The van der Waals surface area contributed by atoms with E-state index < -0.39 is 6.10 Å². The highest BCUT2D eigenvalue weighted by Gasteiger charge is 2.27. The average Bonchev–Trinajstić information content (AvgIpc) is 2.64. The molecule has 3 rings (SSSR count). The molecule has 1 fully saturated rings. The summed E-state index contributed by atoms with van der Waals surface area (Å²) in [7, 11) is 0. The lowest BCUT2D eigenvalue weighted by atomic mass is 9.91. The van der Waals surface area contributed by atoms with Crippen LogP contribution >= 0.6 is 24.0 Å². The maximum absolute atomic E-state index is 12.9. The Labute approximate surface area is 165 Å². The van der Waals surface area contributed by atoms with Crippen LogP contribution < -0.4 is 15.8 Å². The minimum Gasteiger partial charge on any atom is -0.476 e. The van der Waals surface area contributed by atoms with E-state index in [2.05, 4.69) is 5.32 Å². The van der Waals surface area contributed by atoms with Crippen molar-refractivity contribution in [1.29, 1.82) is 0 Å². The zero-order valence-corrected chi connectivity index (χ0v) is 16.0. The highest BCUT2D eigenvalue weighted by Crippen LogP contribution is 2.25. The van der Waals surface area contributed by atoms with Crippen molar-refractivity contribution < 1.29 is 9.53 Å². The molecule has 26 heavy (non-hydrogen) atoms. The van der Waals surface area contributed by atoms with Gasteiger partial charge in [-0.2, -0.15) is 0 Å². The van der Waals surface area contributed by atoms with Gasteiger partial charge in [0, 0.05) is 22.7 Å². The molecule has 1 atom stereocenters. The first-order valence-electron chi connectivity index (χ1n) is 8.65. The Balaban J connectivity index is 0.00000243. The minimum absolute atomic E-state index is 0. The Bertz CT molecular complexity index is 687. The van der Waals surface area contributed by atoms with Crippen LogP contribution in [-0.4, -0.2) is 18.0 Å². The van der Waals surface area contributed by atoms with Gasteiger partial charge >= 0.3 is 0 Å². The number of rotatable bonds is 5. The van der Waals surface area contributed by atoms with Crippen LogP contribution in [0.25, 0.3) is 0 Å². The summed E-state index contributed by atoms with van der Waals surface area (Å²) in [6.45, 7) is 0. The predicted molar refractivity (Wildman–Crippen MR) is 107 cm³/mol. The van der Waals surface area contributed by atoms with Crippen LogP contribution in [0.1, 0.15) is 37.4 Å². The number of carbonyl (C=O) groups excluding carboxylic acids is 1. The van der Waals surface area contributed by atoms with Crippen LogP contribution in [0.2, 0.25) is 5.02 Å². The summed E-state index contributed by atoms with van der Waals surface area (Å²) >= 11 is 5.92. The molecule has 0 aliphatic heterocycles. The lowest BCUT2D eigenvalue weighted by molar-refractivity contribution is -0.129. The highest BCUT2D eigenvalue weighted by molar-refractivity contribution is 6.30. The van der Waals surface area contributed by atoms with Gasteiger partial charge in [0.15, 0.2) is 0 Å². The molecule has 4 nitrogen and oxygen atoms in total. The first kappa shape index (κ1) is 20.6. The minimum atomic E-state index is -0.696. The quantitative estimate of drug-likeness (QED) is 0.795. The zero-order valence-electron chi connectivity index (χ0n) is 14.4. The van der Waals surface area contributed by atoms with Crippen LogP contribution in [0.5, 0.6) is 5.75 Å². The normalized spacial score (nSPS) is 20.5. The van der Waals surface area contributed by atoms with Crippen molar-refractivity contribution in [2.75, 3.05) is 0 Å². The SMILES string of the molecule is Cl.NC1CCC(NC(=O)C(Oc2ccc(Cl)cc2)c2ccccc2)CC1. The molecule has 0 heterocycles. The Morgan fingerprint density at radius 3 is 2.27 bits per heavy atom. The van der Waals surface area contributed by atoms with Gasteiger partial charge in [0.25, 0.3) is 5.91 Å². The molecule has 0 radical (unpaired) electrons. The van der Waals surface area contributed by atoms with Crippen molar-refractivity contribution >= 4 is 29.9 Å². The molecule has 2 aromatic carbocycles. The third-order valence-electron chi connectivity index (χ3n) is 4.53. The number of halogens is 2. The van der Waals surface area contributed by atoms with Gasteiger partial charge in [0.2, 0.25) is 6.10 Å². The molecule has 6 heteroatoms. The van der Waals surface area contributed by atoms with Crippen LogP contribution in [-0.2, 0) is 4.79 Å². The molecule has 0 bridgehead atoms. The third kappa shape index (κ3) is 5.63. The number of hydrogen-bond acceptors (Lipinski definition) is 3. The number of amides is 1. The topological polar surface area (TPSA) is 64.3 Å². The molecule has 1 unspecified atom stereocenters. The predicted octanol–water partition coefficient (Wildman–Crippen LogP) is 4.27. The number of nitrogens with two attached hydrogens (primary N) is 1. The summed E-state index contributed by atoms with van der Waals surface area (Å²) in [5.74, 6) is 0.487. The molecule has 0 aromatic heterocycles. The van der Waals surface area contributed by atoms with Crippen molar-refractivity contribution in [3.63, 3.8) is 0 Å². The van der Waals surface area contributed by atoms with Crippen molar-refractivity contribution in [2.24, 2.45) is 5.73 Å². The van der Waals surface area contributed by atoms with Gasteiger partial charge in [-0.1, -0.05) is 41.9 Å². The summed E-state index contributed by atoms with van der Waals surface area (Å²) in [6.07, 6.45) is 3.01. The average molecular weight is 395 g/mol. The molecule has 1 aliphatic carbocycles. The molecule has 1 amide bonds. The second-order valence-electron chi connectivity index (χ2n) is 6.48. The van der Waals surface area contributed by atoms with Gasteiger partial charge in [-0.3, -0.25) is 4.79 Å². The fourth-order valence-electron chi connectivity index (χ4n) is 3.09. The summed E-state index contributed by atoms with van der Waals surface area (Å²) in [5, 5.41) is 3.76. The van der Waals surface area contributed by atoms with Gasteiger partial charge in [0.1, 0.15) is 5.75 Å². The lowest BCUT2D eigenvalue weighted by Gasteiger charge is -2.28. The second-order valence-corrected chi connectivity index (χ2v) is 6.92. The first-order chi connectivity index (χ1) is 12.1. The first-order valence-corrected chi connectivity index (χ1v) is 9.03. The van der Waals surface area contributed by atoms with Gasteiger partial charge in [0.05, 0.1) is 0 Å². The summed E-state index contributed by atoms with van der Waals surface area (Å²) < 4.78 is 5.98. The van der Waals surface area contributed by atoms with E-state index in [0.717, 1.165) is 31.2 Å². The van der Waals surface area contributed by atoms with E-state index >= 15 is 0 Å². The molecule has 0 saturated heterocycles. The molecular formula is C20H24Cl2N2O2. The Morgan fingerprint density at radius 1 is 1.04 bits per heavy atom. The summed E-state index contributed by atoms with van der Waals surface area (Å²) in [4.78, 5) is 12.9. The van der Waals surface area contributed by atoms with Gasteiger partial charge in [-0.05, 0) is 49.9 Å². The maximum atomic E-state index is 12.9. The van der Waals surface area contributed by atoms with Crippen LogP contribution in [0, 0.1) is 0 Å². The molecule has 1 saturated carbocycles. The van der Waals surface area contributed by atoms with Crippen molar-refractivity contribution in [3.05, 3.63) is 65.2 Å². The fourth-order valence-corrected chi connectivity index (χ4v) is 3.22. The molecule has 0 spiro atoms. The molecule has 1 aliphatic rings. The van der Waals surface area contributed by atoms with Crippen LogP contribution in [0.3, 0.4) is 0 Å². The summed E-state index contributed by atoms with van der Waals surface area (Å²) in [6, 6.07) is 17.0. The van der Waals surface area contributed by atoms with Crippen molar-refractivity contribution in [2.45, 2.75) is 43.9 Å². The highest BCUT2D eigenvalue weighted by atomic mass is 35.5. The number of nitrogens with one attached hydrogen (secondary N) is 1. The second kappa shape index (κ2) is 9.81. The Kier molecular flexibility index (Phi) is 7.76. The van der Waals surface area contributed by atoms with Gasteiger partial charge < -0.3 is 15.8 Å². The molecular weight excluding hydrogens is 371 g/mol. The largest absolute Gasteiger partial charge is 0.476 e. The fraction of sp³-hybridized carbons (Fsp3) is 0.350.